The fraction of sp³-hybridized carbons (Fsp3) is 0.571. The van der Waals surface area contributed by atoms with Crippen LogP contribution in [0.25, 0.3) is 0 Å². The Bertz CT molecular complexity index is 186. The largest absolute Gasteiger partial charge is 0.396 e. The van der Waals surface area contributed by atoms with Gasteiger partial charge in [-0.05, 0) is 6.42 Å². The first-order valence-corrected chi connectivity index (χ1v) is 3.65. The fourth-order valence-electron chi connectivity index (χ4n) is 0.884. The Hall–Kier alpha value is -1.03. The number of anilines is 1. The molecule has 4 nitrogen and oxygen atoms in total. The topological polar surface area (TPSA) is 52.1 Å². The summed E-state index contributed by atoms with van der Waals surface area (Å²) < 4.78 is 0. The average molecular weight is 155 g/mol. The van der Waals surface area contributed by atoms with E-state index in [-0.39, 0.29) is 6.61 Å². The Kier molecular flexibility index (Phi) is 2.92. The lowest BCUT2D eigenvalue weighted by Gasteiger charge is -2.14. The molecule has 1 rings (SSSR count). The van der Waals surface area contributed by atoms with E-state index in [2.05, 4.69) is 9.97 Å². The summed E-state index contributed by atoms with van der Waals surface area (Å²) in [5.74, 6) is 0.915. The normalized spacial score (nSPS) is 10.0. The van der Waals surface area contributed by atoms with Crippen LogP contribution < -0.4 is 4.90 Å². The number of aromatic nitrogens is 2. The maximum atomic E-state index is 8.56. The van der Waals surface area contributed by atoms with Gasteiger partial charge in [0.25, 0.3) is 0 Å². The second-order valence-electron chi connectivity index (χ2n) is 2.43. The standard InChI is InChI=1S/C7H13N3O/c1-10(3-2-4-11)7-5-8-6-9-7/h5-6,11H,2-4H2,1H3,(H,8,9). The number of aliphatic hydroxyl groups is 1. The van der Waals surface area contributed by atoms with Crippen LogP contribution in [0.5, 0.6) is 0 Å². The predicted molar refractivity (Wildman–Crippen MR) is 43.6 cm³/mol. The number of nitrogens with zero attached hydrogens (tertiary/aromatic N) is 2. The summed E-state index contributed by atoms with van der Waals surface area (Å²) in [5.41, 5.74) is 0. The Balaban J connectivity index is 2.36. The molecule has 2 N–H and O–H groups in total. The molecule has 0 aliphatic carbocycles. The number of aliphatic hydroxyl groups excluding tert-OH is 1. The van der Waals surface area contributed by atoms with E-state index in [0.29, 0.717) is 0 Å². The lowest BCUT2D eigenvalue weighted by atomic mass is 10.4. The highest BCUT2D eigenvalue weighted by atomic mass is 16.3. The van der Waals surface area contributed by atoms with Gasteiger partial charge in [-0.1, -0.05) is 0 Å². The van der Waals surface area contributed by atoms with Gasteiger partial charge in [0.15, 0.2) is 0 Å². The smallest absolute Gasteiger partial charge is 0.146 e. The molecule has 0 unspecified atom stereocenters. The fourth-order valence-corrected chi connectivity index (χ4v) is 0.884. The van der Waals surface area contributed by atoms with Gasteiger partial charge in [-0.15, -0.1) is 0 Å². The monoisotopic (exact) mass is 155 g/mol. The van der Waals surface area contributed by atoms with Crippen LogP contribution in [0.2, 0.25) is 0 Å². The van der Waals surface area contributed by atoms with E-state index in [1.54, 1.807) is 6.33 Å². The van der Waals surface area contributed by atoms with E-state index < -0.39 is 0 Å². The van der Waals surface area contributed by atoms with E-state index in [4.69, 9.17) is 5.11 Å². The Morgan fingerprint density at radius 3 is 3.09 bits per heavy atom. The van der Waals surface area contributed by atoms with E-state index >= 15 is 0 Å². The van der Waals surface area contributed by atoms with Crippen molar-refractivity contribution in [3.8, 4) is 0 Å². The molecule has 1 aromatic heterocycles. The molecule has 0 saturated carbocycles. The summed E-state index contributed by atoms with van der Waals surface area (Å²) in [4.78, 5) is 8.92. The maximum Gasteiger partial charge on any atom is 0.146 e. The lowest BCUT2D eigenvalue weighted by Crippen LogP contribution is -2.19. The lowest BCUT2D eigenvalue weighted by molar-refractivity contribution is 0.290. The first-order valence-electron chi connectivity index (χ1n) is 3.65. The number of rotatable bonds is 4. The van der Waals surface area contributed by atoms with Crippen molar-refractivity contribution in [3.05, 3.63) is 12.5 Å². The molecule has 0 fully saturated rings. The molecule has 0 radical (unpaired) electrons. The van der Waals surface area contributed by atoms with Gasteiger partial charge in [-0.2, -0.15) is 0 Å². The molecule has 0 aliphatic heterocycles. The zero-order chi connectivity index (χ0) is 8.10. The van der Waals surface area contributed by atoms with Crippen LogP contribution in [0, 0.1) is 0 Å². The molecular formula is C7H13N3O. The van der Waals surface area contributed by atoms with Crippen LogP contribution in [0.15, 0.2) is 12.5 Å². The maximum absolute atomic E-state index is 8.56. The first-order chi connectivity index (χ1) is 5.34. The molecule has 1 aromatic rings. The molecule has 4 heteroatoms. The number of hydrogen-bond acceptors (Lipinski definition) is 3. The molecule has 0 atom stereocenters. The van der Waals surface area contributed by atoms with E-state index in [9.17, 15) is 0 Å². The van der Waals surface area contributed by atoms with Crippen molar-refractivity contribution in [1.82, 2.24) is 9.97 Å². The van der Waals surface area contributed by atoms with Crippen molar-refractivity contribution in [2.75, 3.05) is 25.1 Å². The van der Waals surface area contributed by atoms with Crippen LogP contribution in [0.3, 0.4) is 0 Å². The molecular weight excluding hydrogens is 142 g/mol. The van der Waals surface area contributed by atoms with Gasteiger partial charge in [-0.3, -0.25) is 0 Å². The summed E-state index contributed by atoms with van der Waals surface area (Å²) in [7, 11) is 1.95. The highest BCUT2D eigenvalue weighted by molar-refractivity contribution is 5.33. The summed E-state index contributed by atoms with van der Waals surface area (Å²) in [5, 5.41) is 8.56. The summed E-state index contributed by atoms with van der Waals surface area (Å²) >= 11 is 0. The third-order valence-electron chi connectivity index (χ3n) is 1.53. The van der Waals surface area contributed by atoms with E-state index in [1.807, 2.05) is 18.1 Å². The quantitative estimate of drug-likeness (QED) is 0.654. The van der Waals surface area contributed by atoms with Gasteiger partial charge in [0.05, 0.1) is 6.33 Å². The minimum absolute atomic E-state index is 0.231. The highest BCUT2D eigenvalue weighted by Crippen LogP contribution is 2.04. The molecule has 0 bridgehead atoms. The molecule has 62 valence electrons. The Labute approximate surface area is 65.9 Å². The Morgan fingerprint density at radius 2 is 2.55 bits per heavy atom. The molecule has 11 heavy (non-hydrogen) atoms. The van der Waals surface area contributed by atoms with Crippen molar-refractivity contribution in [3.63, 3.8) is 0 Å². The number of imidazole rings is 1. The minimum Gasteiger partial charge on any atom is -0.396 e. The second kappa shape index (κ2) is 3.98. The molecule has 0 spiro atoms. The zero-order valence-corrected chi connectivity index (χ0v) is 6.62. The predicted octanol–water partition coefficient (Wildman–Crippen LogP) is 0.228. The van der Waals surface area contributed by atoms with Crippen LogP contribution in [0.4, 0.5) is 5.82 Å². The van der Waals surface area contributed by atoms with Gasteiger partial charge in [0.1, 0.15) is 5.82 Å². The van der Waals surface area contributed by atoms with Crippen LogP contribution in [0.1, 0.15) is 6.42 Å². The minimum atomic E-state index is 0.231. The van der Waals surface area contributed by atoms with Crippen LogP contribution in [-0.4, -0.2) is 35.3 Å². The molecule has 0 aromatic carbocycles. The summed E-state index contributed by atoms with van der Waals surface area (Å²) in [6.45, 7) is 1.07. The number of H-pyrrole nitrogens is 1. The number of aromatic amines is 1. The molecule has 0 amide bonds. The summed E-state index contributed by atoms with van der Waals surface area (Å²) in [6.07, 6.45) is 4.26. The SMILES string of the molecule is CN(CCCO)c1c[nH]cn1. The number of hydrogen-bond donors (Lipinski definition) is 2. The van der Waals surface area contributed by atoms with Crippen molar-refractivity contribution >= 4 is 5.82 Å². The van der Waals surface area contributed by atoms with E-state index in [1.165, 1.54) is 0 Å². The van der Waals surface area contributed by atoms with Gasteiger partial charge in [-0.25, -0.2) is 4.98 Å². The van der Waals surface area contributed by atoms with Crippen LogP contribution in [-0.2, 0) is 0 Å². The average Bonchev–Trinajstić information content (AvgIpc) is 2.52. The first kappa shape index (κ1) is 8.07. The Morgan fingerprint density at radius 1 is 1.73 bits per heavy atom. The second-order valence-corrected chi connectivity index (χ2v) is 2.43. The van der Waals surface area contributed by atoms with Crippen molar-refractivity contribution < 1.29 is 5.11 Å². The van der Waals surface area contributed by atoms with Crippen molar-refractivity contribution in [1.29, 1.82) is 0 Å². The zero-order valence-electron chi connectivity index (χ0n) is 6.62. The van der Waals surface area contributed by atoms with Crippen molar-refractivity contribution in [2.24, 2.45) is 0 Å². The highest BCUT2D eigenvalue weighted by Gasteiger charge is 1.99. The molecule has 1 heterocycles. The third kappa shape index (κ3) is 2.23. The third-order valence-corrected chi connectivity index (χ3v) is 1.53. The van der Waals surface area contributed by atoms with Gasteiger partial charge < -0.3 is 15.0 Å². The molecule has 0 aliphatic rings. The van der Waals surface area contributed by atoms with Crippen LogP contribution >= 0.6 is 0 Å². The molecule has 0 saturated heterocycles. The summed E-state index contributed by atoms with van der Waals surface area (Å²) in [6, 6.07) is 0. The van der Waals surface area contributed by atoms with Gasteiger partial charge in [0.2, 0.25) is 0 Å². The van der Waals surface area contributed by atoms with Crippen molar-refractivity contribution in [2.45, 2.75) is 6.42 Å². The van der Waals surface area contributed by atoms with Gasteiger partial charge in [0, 0.05) is 26.4 Å². The number of nitrogens with one attached hydrogen (secondary N) is 1. The van der Waals surface area contributed by atoms with Gasteiger partial charge >= 0.3 is 0 Å². The van der Waals surface area contributed by atoms with E-state index in [0.717, 1.165) is 18.8 Å².